The van der Waals surface area contributed by atoms with Crippen molar-refractivity contribution in [3.8, 4) is 44.8 Å². The first kappa shape index (κ1) is 37.9. The Morgan fingerprint density at radius 3 is 1.29 bits per heavy atom. The van der Waals surface area contributed by atoms with E-state index >= 15 is 0 Å². The number of nitrogens with zero attached hydrogens (tertiary/aromatic N) is 2. The van der Waals surface area contributed by atoms with Gasteiger partial charge in [-0.3, -0.25) is 10.8 Å². The highest BCUT2D eigenvalue weighted by molar-refractivity contribution is 6.13. The minimum atomic E-state index is -0.0659. The zero-order valence-corrected chi connectivity index (χ0v) is 35.2. The molecule has 65 heavy (non-hydrogen) atoms. The molecule has 12 rings (SSSR count). The van der Waals surface area contributed by atoms with Crippen molar-refractivity contribution in [3.63, 3.8) is 0 Å². The predicted octanol–water partition coefficient (Wildman–Crippen LogP) is 15.4. The van der Waals surface area contributed by atoms with Gasteiger partial charge in [0.1, 0.15) is 0 Å². The van der Waals surface area contributed by atoms with E-state index < -0.39 is 0 Å². The number of nitrogens with one attached hydrogen (secondary N) is 2. The van der Waals surface area contributed by atoms with Crippen molar-refractivity contribution in [1.29, 1.82) is 10.8 Å². The zero-order chi connectivity index (χ0) is 43.4. The third kappa shape index (κ3) is 6.66. The highest BCUT2D eigenvalue weighted by Crippen LogP contribution is 2.40. The summed E-state index contributed by atoms with van der Waals surface area (Å²) in [6, 6.07) is 80.9. The Balaban J connectivity index is 0.919. The maximum Gasteiger partial charge on any atom is 0.221 e. The maximum absolute atomic E-state index is 8.59. The van der Waals surface area contributed by atoms with Gasteiger partial charge in [0.25, 0.3) is 0 Å². The lowest BCUT2D eigenvalue weighted by Crippen LogP contribution is -2.12. The topological polar surface area (TPSA) is 66.8 Å². The van der Waals surface area contributed by atoms with Crippen LogP contribution in [-0.2, 0) is 4.74 Å². The number of fused-ring (bicyclic) bond motifs is 7. The van der Waals surface area contributed by atoms with Crippen molar-refractivity contribution in [2.75, 3.05) is 0 Å². The van der Waals surface area contributed by atoms with Crippen LogP contribution in [0.3, 0.4) is 0 Å². The van der Waals surface area contributed by atoms with Crippen LogP contribution in [0.15, 0.2) is 231 Å². The minimum Gasteiger partial charge on any atom is -0.421 e. The van der Waals surface area contributed by atoms with Crippen LogP contribution < -0.4 is 0 Å². The molecule has 2 heterocycles. The average molecular weight is 833 g/mol. The second-order valence-electron chi connectivity index (χ2n) is 16.5. The number of benzene rings is 10. The molecule has 0 saturated carbocycles. The first-order valence-electron chi connectivity index (χ1n) is 21.8. The van der Waals surface area contributed by atoms with Crippen molar-refractivity contribution >= 4 is 66.2 Å². The molecule has 5 heteroatoms. The van der Waals surface area contributed by atoms with Crippen molar-refractivity contribution in [3.05, 3.63) is 242 Å². The van der Waals surface area contributed by atoms with E-state index in [1.807, 2.05) is 42.5 Å². The van der Waals surface area contributed by atoms with Crippen molar-refractivity contribution in [2.45, 2.75) is 0 Å². The van der Waals surface area contributed by atoms with E-state index in [-0.39, 0.29) is 11.8 Å². The molecule has 2 N–H and O–H groups in total. The van der Waals surface area contributed by atoms with Crippen LogP contribution in [0.4, 0.5) is 0 Å². The van der Waals surface area contributed by atoms with Crippen LogP contribution in [0.2, 0.25) is 0 Å². The largest absolute Gasteiger partial charge is 0.421 e. The first-order valence-corrected chi connectivity index (χ1v) is 21.8. The molecule has 12 aromatic rings. The van der Waals surface area contributed by atoms with Gasteiger partial charge in [-0.2, -0.15) is 0 Å². The Labute approximate surface area is 375 Å². The SMILES string of the molecule is N=C(OC(=N)c1ccc(-n2c3ccccc3c3cc(-c4ccc5c(c4)c4cc(-c6ccc(-c7ccc8ccccc8c7)cc6)ccc4n5-c4ccccc4)ccc32)cc1)c1ccccc1. The summed E-state index contributed by atoms with van der Waals surface area (Å²) in [5.74, 6) is -0.119. The third-order valence-corrected chi connectivity index (χ3v) is 12.7. The summed E-state index contributed by atoms with van der Waals surface area (Å²) in [6.45, 7) is 0. The summed E-state index contributed by atoms with van der Waals surface area (Å²) in [6.07, 6.45) is 0. The standard InChI is InChI=1S/C60H40N4O/c61-59(42-12-3-1-4-13-42)65-60(62)43-25-30-50(31-26-43)64-55-18-10-9-17-51(55)52-37-47(28-33-56(52)64)48-29-34-58-54(38-48)53-36-46(27-32-57(53)63(58)49-15-5-2-6-16-49)41-21-19-40(20-22-41)45-24-23-39-11-7-8-14-44(39)35-45/h1-38,61-62H. The summed E-state index contributed by atoms with van der Waals surface area (Å²) in [5.41, 5.74) is 14.9. The van der Waals surface area contributed by atoms with E-state index in [9.17, 15) is 0 Å². The van der Waals surface area contributed by atoms with Crippen LogP contribution in [0.25, 0.3) is 99.1 Å². The van der Waals surface area contributed by atoms with Crippen molar-refractivity contribution < 1.29 is 4.74 Å². The number of hydrogen-bond acceptors (Lipinski definition) is 3. The summed E-state index contributed by atoms with van der Waals surface area (Å²) >= 11 is 0. The molecular formula is C60H40N4O. The second kappa shape index (κ2) is 15.5. The minimum absolute atomic E-state index is 0.0529. The van der Waals surface area contributed by atoms with Gasteiger partial charge in [0.15, 0.2) is 0 Å². The van der Waals surface area contributed by atoms with Gasteiger partial charge >= 0.3 is 0 Å². The van der Waals surface area contributed by atoms with Gasteiger partial charge in [-0.25, -0.2) is 0 Å². The fourth-order valence-electron chi connectivity index (χ4n) is 9.46. The number of ether oxygens (including phenoxy) is 1. The zero-order valence-electron chi connectivity index (χ0n) is 35.2. The van der Waals surface area contributed by atoms with E-state index in [1.54, 1.807) is 12.1 Å². The van der Waals surface area contributed by atoms with Crippen molar-refractivity contribution in [2.24, 2.45) is 0 Å². The molecule has 5 nitrogen and oxygen atoms in total. The van der Waals surface area contributed by atoms with E-state index in [4.69, 9.17) is 15.6 Å². The molecule has 0 spiro atoms. The molecule has 0 fully saturated rings. The van der Waals surface area contributed by atoms with Gasteiger partial charge in [-0.05, 0) is 141 Å². The molecule has 306 valence electrons. The summed E-state index contributed by atoms with van der Waals surface area (Å²) in [4.78, 5) is 0. The normalized spacial score (nSPS) is 11.5. The highest BCUT2D eigenvalue weighted by Gasteiger charge is 2.18. The lowest BCUT2D eigenvalue weighted by Gasteiger charge is -2.11. The summed E-state index contributed by atoms with van der Waals surface area (Å²) in [5, 5.41) is 24.2. The van der Waals surface area contributed by atoms with E-state index in [1.165, 1.54) is 54.7 Å². The molecule has 0 radical (unpaired) electrons. The molecule has 10 aromatic carbocycles. The Morgan fingerprint density at radius 2 is 0.692 bits per heavy atom. The number of aromatic nitrogens is 2. The lowest BCUT2D eigenvalue weighted by atomic mass is 9.97. The number of hydrogen-bond donors (Lipinski definition) is 2. The molecule has 0 aliphatic rings. The van der Waals surface area contributed by atoms with Gasteiger partial charge in [0, 0.05) is 44.0 Å². The summed E-state index contributed by atoms with van der Waals surface area (Å²) in [7, 11) is 0. The Bertz CT molecular complexity index is 3810. The van der Waals surface area contributed by atoms with Gasteiger partial charge in [0.05, 0.1) is 22.1 Å². The monoisotopic (exact) mass is 832 g/mol. The Hall–Kier alpha value is -8.80. The van der Waals surface area contributed by atoms with Crippen molar-refractivity contribution in [1.82, 2.24) is 9.13 Å². The third-order valence-electron chi connectivity index (χ3n) is 12.7. The molecular weight excluding hydrogens is 793 g/mol. The van der Waals surface area contributed by atoms with Crippen LogP contribution in [-0.4, -0.2) is 20.9 Å². The fraction of sp³-hybridized carbons (Fsp3) is 0. The van der Waals surface area contributed by atoms with Crippen LogP contribution in [0, 0.1) is 10.8 Å². The molecule has 0 saturated heterocycles. The fourth-order valence-corrected chi connectivity index (χ4v) is 9.46. The Kier molecular flexibility index (Phi) is 9.06. The van der Waals surface area contributed by atoms with Crippen LogP contribution in [0.5, 0.6) is 0 Å². The lowest BCUT2D eigenvalue weighted by molar-refractivity contribution is 0.538. The molecule has 2 aromatic heterocycles. The quantitative estimate of drug-likeness (QED) is 0.122. The van der Waals surface area contributed by atoms with Gasteiger partial charge in [0.2, 0.25) is 11.8 Å². The molecule has 0 amide bonds. The first-order chi connectivity index (χ1) is 32.0. The highest BCUT2D eigenvalue weighted by atomic mass is 16.5. The molecule has 0 bridgehead atoms. The van der Waals surface area contributed by atoms with E-state index in [2.05, 4.69) is 185 Å². The van der Waals surface area contributed by atoms with Gasteiger partial charge < -0.3 is 13.9 Å². The van der Waals surface area contributed by atoms with E-state index in [0.29, 0.717) is 11.1 Å². The molecule has 0 aliphatic heterocycles. The second-order valence-corrected chi connectivity index (χ2v) is 16.5. The number of rotatable bonds is 7. The van der Waals surface area contributed by atoms with E-state index in [0.717, 1.165) is 44.4 Å². The summed E-state index contributed by atoms with van der Waals surface area (Å²) < 4.78 is 10.3. The van der Waals surface area contributed by atoms with Gasteiger partial charge in [-0.15, -0.1) is 0 Å². The van der Waals surface area contributed by atoms with Gasteiger partial charge in [-0.1, -0.05) is 133 Å². The molecule has 0 aliphatic carbocycles. The van der Waals surface area contributed by atoms with Crippen LogP contribution >= 0.6 is 0 Å². The predicted molar refractivity (Wildman–Crippen MR) is 270 cm³/mol. The number of para-hydroxylation sites is 2. The molecule has 0 atom stereocenters. The maximum atomic E-state index is 8.59. The smallest absolute Gasteiger partial charge is 0.221 e. The van der Waals surface area contributed by atoms with Crippen LogP contribution in [0.1, 0.15) is 11.1 Å². The average Bonchev–Trinajstić information content (AvgIpc) is 3.88. The molecule has 0 unspecified atom stereocenters. The Morgan fingerprint density at radius 1 is 0.292 bits per heavy atom.